The van der Waals surface area contributed by atoms with Crippen molar-refractivity contribution < 1.29 is 14.3 Å². The van der Waals surface area contributed by atoms with Crippen LogP contribution in [0.15, 0.2) is 36.4 Å². The summed E-state index contributed by atoms with van der Waals surface area (Å²) in [6, 6.07) is 10.8. The topological polar surface area (TPSA) is 58.6 Å². The minimum Gasteiger partial charge on any atom is -0.484 e. The van der Waals surface area contributed by atoms with E-state index in [0.29, 0.717) is 35.1 Å². The van der Waals surface area contributed by atoms with Gasteiger partial charge in [-0.25, -0.2) is 0 Å². The zero-order chi connectivity index (χ0) is 18.7. The molecule has 2 aromatic rings. The van der Waals surface area contributed by atoms with E-state index in [-0.39, 0.29) is 18.4 Å². The van der Waals surface area contributed by atoms with E-state index in [1.54, 1.807) is 23.1 Å². The smallest absolute Gasteiger partial charge is 0.262 e. The van der Waals surface area contributed by atoms with Crippen LogP contribution in [0.25, 0.3) is 0 Å². The Labute approximate surface area is 157 Å². The molecule has 26 heavy (non-hydrogen) atoms. The summed E-state index contributed by atoms with van der Waals surface area (Å²) in [6.07, 6.45) is 1.38. The highest BCUT2D eigenvalue weighted by Gasteiger charge is 2.23. The number of anilines is 2. The Hall–Kier alpha value is -2.53. The molecule has 1 aliphatic rings. The summed E-state index contributed by atoms with van der Waals surface area (Å²) in [7, 11) is 0. The van der Waals surface area contributed by atoms with E-state index in [2.05, 4.69) is 5.32 Å². The van der Waals surface area contributed by atoms with E-state index in [9.17, 15) is 9.59 Å². The standard InChI is InChI=1S/C20H21ClN2O3/c1-13-5-7-16(10-14(13)2)26-12-19(24)22-15-6-8-18(17(21)11-15)23-9-3-4-20(23)25/h5-8,10-11H,3-4,9,12H2,1-2H3,(H,22,24). The maximum Gasteiger partial charge on any atom is 0.262 e. The third-order valence-electron chi connectivity index (χ3n) is 4.44. The number of halogens is 1. The molecule has 0 bridgehead atoms. The summed E-state index contributed by atoms with van der Waals surface area (Å²) in [6.45, 7) is 4.60. The van der Waals surface area contributed by atoms with Gasteiger partial charge in [0.15, 0.2) is 6.61 Å². The maximum absolute atomic E-state index is 12.1. The van der Waals surface area contributed by atoms with Gasteiger partial charge in [-0.05, 0) is 61.7 Å². The fourth-order valence-corrected chi connectivity index (χ4v) is 3.14. The lowest BCUT2D eigenvalue weighted by Crippen LogP contribution is -2.24. The number of nitrogens with zero attached hydrogens (tertiary/aromatic N) is 1. The lowest BCUT2D eigenvalue weighted by atomic mass is 10.1. The predicted molar refractivity (Wildman–Crippen MR) is 103 cm³/mol. The van der Waals surface area contributed by atoms with Crippen LogP contribution in [0, 0.1) is 13.8 Å². The van der Waals surface area contributed by atoms with E-state index in [0.717, 1.165) is 12.0 Å². The van der Waals surface area contributed by atoms with Crippen LogP contribution in [-0.4, -0.2) is 25.0 Å². The molecule has 0 atom stereocenters. The maximum atomic E-state index is 12.1. The van der Waals surface area contributed by atoms with Gasteiger partial charge in [0, 0.05) is 18.7 Å². The van der Waals surface area contributed by atoms with Gasteiger partial charge in [-0.15, -0.1) is 0 Å². The Morgan fingerprint density at radius 1 is 1.19 bits per heavy atom. The normalized spacial score (nSPS) is 13.8. The fourth-order valence-electron chi connectivity index (χ4n) is 2.86. The third kappa shape index (κ3) is 4.17. The number of hydrogen-bond acceptors (Lipinski definition) is 3. The van der Waals surface area contributed by atoms with Gasteiger partial charge < -0.3 is 15.0 Å². The fraction of sp³-hybridized carbons (Fsp3) is 0.300. The quantitative estimate of drug-likeness (QED) is 0.859. The van der Waals surface area contributed by atoms with Crippen molar-refractivity contribution in [3.05, 3.63) is 52.5 Å². The number of carbonyl (C=O) groups is 2. The van der Waals surface area contributed by atoms with E-state index >= 15 is 0 Å². The molecule has 0 spiro atoms. The molecule has 1 saturated heterocycles. The number of benzene rings is 2. The average Bonchev–Trinajstić information content (AvgIpc) is 3.02. The van der Waals surface area contributed by atoms with E-state index < -0.39 is 0 Å². The second-order valence-corrected chi connectivity index (χ2v) is 6.81. The molecule has 2 amide bonds. The van der Waals surface area contributed by atoms with Crippen LogP contribution in [0.1, 0.15) is 24.0 Å². The first-order chi connectivity index (χ1) is 12.4. The van der Waals surface area contributed by atoms with Crippen LogP contribution in [0.2, 0.25) is 5.02 Å². The molecular formula is C20H21ClN2O3. The van der Waals surface area contributed by atoms with Gasteiger partial charge in [0.2, 0.25) is 5.91 Å². The highest BCUT2D eigenvalue weighted by atomic mass is 35.5. The van der Waals surface area contributed by atoms with Crippen molar-refractivity contribution in [1.29, 1.82) is 0 Å². The van der Waals surface area contributed by atoms with Crippen LogP contribution < -0.4 is 15.0 Å². The summed E-state index contributed by atoms with van der Waals surface area (Å²) in [5.41, 5.74) is 3.53. The van der Waals surface area contributed by atoms with Gasteiger partial charge in [0.25, 0.3) is 5.91 Å². The van der Waals surface area contributed by atoms with Crippen molar-refractivity contribution in [3.63, 3.8) is 0 Å². The molecule has 1 heterocycles. The van der Waals surface area contributed by atoms with Crippen molar-refractivity contribution in [2.45, 2.75) is 26.7 Å². The lowest BCUT2D eigenvalue weighted by Gasteiger charge is -2.18. The molecule has 0 aromatic heterocycles. The third-order valence-corrected chi connectivity index (χ3v) is 4.75. The minimum absolute atomic E-state index is 0.0745. The van der Waals surface area contributed by atoms with Gasteiger partial charge in [-0.2, -0.15) is 0 Å². The Kier molecular flexibility index (Phi) is 5.47. The first-order valence-electron chi connectivity index (χ1n) is 8.54. The second kappa shape index (κ2) is 7.79. The number of rotatable bonds is 5. The molecule has 1 fully saturated rings. The molecular weight excluding hydrogens is 352 g/mol. The molecule has 0 aliphatic carbocycles. The van der Waals surface area contributed by atoms with Crippen LogP contribution in [0.4, 0.5) is 11.4 Å². The van der Waals surface area contributed by atoms with Gasteiger partial charge in [-0.3, -0.25) is 9.59 Å². The van der Waals surface area contributed by atoms with E-state index in [4.69, 9.17) is 16.3 Å². The Morgan fingerprint density at radius 3 is 2.65 bits per heavy atom. The minimum atomic E-state index is -0.274. The SMILES string of the molecule is Cc1ccc(OCC(=O)Nc2ccc(N3CCCC3=O)c(Cl)c2)cc1C. The Bertz CT molecular complexity index is 851. The number of ether oxygens (including phenoxy) is 1. The largest absolute Gasteiger partial charge is 0.484 e. The molecule has 1 aliphatic heterocycles. The van der Waals surface area contributed by atoms with Gasteiger partial charge in [0.05, 0.1) is 10.7 Å². The van der Waals surface area contributed by atoms with Crippen molar-refractivity contribution in [1.82, 2.24) is 0 Å². The Morgan fingerprint density at radius 2 is 2.00 bits per heavy atom. The zero-order valence-electron chi connectivity index (χ0n) is 14.8. The van der Waals surface area contributed by atoms with E-state index in [1.807, 2.05) is 32.0 Å². The molecule has 3 rings (SSSR count). The molecule has 136 valence electrons. The van der Waals surface area contributed by atoms with Gasteiger partial charge in [-0.1, -0.05) is 17.7 Å². The molecule has 5 nitrogen and oxygen atoms in total. The number of hydrogen-bond donors (Lipinski definition) is 1. The summed E-state index contributed by atoms with van der Waals surface area (Å²) >= 11 is 6.29. The molecule has 1 N–H and O–H groups in total. The summed E-state index contributed by atoms with van der Waals surface area (Å²) in [5, 5.41) is 3.19. The molecule has 0 saturated carbocycles. The Balaban J connectivity index is 1.59. The van der Waals surface area contributed by atoms with Crippen molar-refractivity contribution in [3.8, 4) is 5.75 Å². The van der Waals surface area contributed by atoms with Crippen LogP contribution >= 0.6 is 11.6 Å². The molecule has 0 radical (unpaired) electrons. The van der Waals surface area contributed by atoms with Crippen molar-refractivity contribution in [2.24, 2.45) is 0 Å². The van der Waals surface area contributed by atoms with Crippen molar-refractivity contribution in [2.75, 3.05) is 23.4 Å². The molecule has 6 heteroatoms. The van der Waals surface area contributed by atoms with E-state index in [1.165, 1.54) is 5.56 Å². The van der Waals surface area contributed by atoms with Crippen LogP contribution in [0.3, 0.4) is 0 Å². The average molecular weight is 373 g/mol. The van der Waals surface area contributed by atoms with Crippen LogP contribution in [-0.2, 0) is 9.59 Å². The highest BCUT2D eigenvalue weighted by molar-refractivity contribution is 6.34. The first-order valence-corrected chi connectivity index (χ1v) is 8.91. The second-order valence-electron chi connectivity index (χ2n) is 6.40. The number of aryl methyl sites for hydroxylation is 2. The first kappa shape index (κ1) is 18.3. The van der Waals surface area contributed by atoms with Gasteiger partial charge >= 0.3 is 0 Å². The summed E-state index contributed by atoms with van der Waals surface area (Å²) < 4.78 is 5.53. The van der Waals surface area contributed by atoms with Gasteiger partial charge in [0.1, 0.15) is 5.75 Å². The van der Waals surface area contributed by atoms with Crippen LogP contribution in [0.5, 0.6) is 5.75 Å². The van der Waals surface area contributed by atoms with Crippen molar-refractivity contribution >= 4 is 34.8 Å². The summed E-state index contributed by atoms with van der Waals surface area (Å²) in [5.74, 6) is 0.457. The monoisotopic (exact) mass is 372 g/mol. The number of amides is 2. The molecule has 0 unspecified atom stereocenters. The highest BCUT2D eigenvalue weighted by Crippen LogP contribution is 2.31. The molecule has 2 aromatic carbocycles. The summed E-state index contributed by atoms with van der Waals surface area (Å²) in [4.78, 5) is 25.6. The lowest BCUT2D eigenvalue weighted by molar-refractivity contribution is -0.118. The predicted octanol–water partition coefficient (Wildman–Crippen LogP) is 4.10. The number of carbonyl (C=O) groups excluding carboxylic acids is 2. The zero-order valence-corrected chi connectivity index (χ0v) is 15.6. The number of nitrogens with one attached hydrogen (secondary N) is 1.